The number of hydrogen-bond acceptors (Lipinski definition) is 2. The van der Waals surface area contributed by atoms with Gasteiger partial charge in [-0.15, -0.1) is 0 Å². The van der Waals surface area contributed by atoms with Crippen molar-refractivity contribution in [3.8, 4) is 5.75 Å². The van der Waals surface area contributed by atoms with Crippen molar-refractivity contribution in [1.82, 2.24) is 5.32 Å². The van der Waals surface area contributed by atoms with E-state index in [2.05, 4.69) is 36.5 Å². The first-order valence-corrected chi connectivity index (χ1v) is 6.81. The molecule has 0 heterocycles. The summed E-state index contributed by atoms with van der Waals surface area (Å²) in [6.07, 6.45) is 5.45. The van der Waals surface area contributed by atoms with Crippen molar-refractivity contribution >= 4 is 0 Å². The first kappa shape index (κ1) is 12.4. The topological polar surface area (TPSA) is 21.3 Å². The van der Waals surface area contributed by atoms with Gasteiger partial charge in [0, 0.05) is 12.1 Å². The smallest absolute Gasteiger partial charge is 0.123 e. The van der Waals surface area contributed by atoms with E-state index >= 15 is 0 Å². The molecule has 1 aromatic carbocycles. The second-order valence-corrected chi connectivity index (χ2v) is 4.85. The van der Waals surface area contributed by atoms with Gasteiger partial charge in [-0.05, 0) is 31.4 Å². The SMILES string of the molecule is CCNCc1ccccc1OCC1CCCC1. The van der Waals surface area contributed by atoms with Crippen molar-refractivity contribution in [2.24, 2.45) is 5.92 Å². The molecular formula is C15H23NO. The normalized spacial score (nSPS) is 16.3. The van der Waals surface area contributed by atoms with Gasteiger partial charge < -0.3 is 10.1 Å². The third-order valence-corrected chi connectivity index (χ3v) is 3.49. The summed E-state index contributed by atoms with van der Waals surface area (Å²) in [5, 5.41) is 3.35. The molecule has 1 saturated carbocycles. The Morgan fingerprint density at radius 3 is 2.76 bits per heavy atom. The highest BCUT2D eigenvalue weighted by atomic mass is 16.5. The van der Waals surface area contributed by atoms with Crippen LogP contribution in [0.1, 0.15) is 38.2 Å². The van der Waals surface area contributed by atoms with Crippen molar-refractivity contribution in [2.45, 2.75) is 39.2 Å². The van der Waals surface area contributed by atoms with E-state index in [1.807, 2.05) is 0 Å². The quantitative estimate of drug-likeness (QED) is 0.813. The van der Waals surface area contributed by atoms with Crippen LogP contribution in [0.25, 0.3) is 0 Å². The standard InChI is InChI=1S/C15H23NO/c1-2-16-11-14-9-5-6-10-15(14)17-12-13-7-3-4-8-13/h5-6,9-10,13,16H,2-4,7-8,11-12H2,1H3. The molecule has 94 valence electrons. The van der Waals surface area contributed by atoms with Crippen LogP contribution >= 0.6 is 0 Å². The zero-order valence-electron chi connectivity index (χ0n) is 10.7. The van der Waals surface area contributed by atoms with Crippen LogP contribution in [-0.2, 0) is 6.54 Å². The molecule has 0 radical (unpaired) electrons. The number of rotatable bonds is 6. The fourth-order valence-corrected chi connectivity index (χ4v) is 2.44. The summed E-state index contributed by atoms with van der Waals surface area (Å²) in [6, 6.07) is 8.36. The van der Waals surface area contributed by atoms with Crippen LogP contribution in [0.3, 0.4) is 0 Å². The van der Waals surface area contributed by atoms with Crippen LogP contribution in [0.15, 0.2) is 24.3 Å². The van der Waals surface area contributed by atoms with Crippen LogP contribution in [0.2, 0.25) is 0 Å². The van der Waals surface area contributed by atoms with E-state index in [1.165, 1.54) is 31.2 Å². The van der Waals surface area contributed by atoms with Crippen LogP contribution < -0.4 is 10.1 Å². The van der Waals surface area contributed by atoms with Gasteiger partial charge in [0.05, 0.1) is 6.61 Å². The lowest BCUT2D eigenvalue weighted by Gasteiger charge is -2.14. The Bertz CT molecular complexity index is 331. The Labute approximate surface area is 104 Å². The highest BCUT2D eigenvalue weighted by Crippen LogP contribution is 2.26. The number of benzene rings is 1. The number of para-hydroxylation sites is 1. The summed E-state index contributed by atoms with van der Waals surface area (Å²) in [5.41, 5.74) is 1.27. The maximum atomic E-state index is 5.98. The van der Waals surface area contributed by atoms with Gasteiger partial charge in [0.25, 0.3) is 0 Å². The number of hydrogen-bond donors (Lipinski definition) is 1. The van der Waals surface area contributed by atoms with E-state index in [-0.39, 0.29) is 0 Å². The summed E-state index contributed by atoms with van der Waals surface area (Å²) in [7, 11) is 0. The van der Waals surface area contributed by atoms with E-state index in [9.17, 15) is 0 Å². The molecule has 1 N–H and O–H groups in total. The molecule has 1 aliphatic rings. The molecule has 1 fully saturated rings. The minimum atomic E-state index is 0.780. The van der Waals surface area contributed by atoms with Gasteiger partial charge >= 0.3 is 0 Å². The minimum absolute atomic E-state index is 0.780. The zero-order chi connectivity index (χ0) is 11.9. The molecule has 0 aromatic heterocycles. The molecule has 1 aromatic rings. The first-order chi connectivity index (χ1) is 8.40. The Balaban J connectivity index is 1.89. The minimum Gasteiger partial charge on any atom is -0.493 e. The summed E-state index contributed by atoms with van der Waals surface area (Å²) in [5.74, 6) is 1.84. The second kappa shape index (κ2) is 6.65. The lowest BCUT2D eigenvalue weighted by atomic mass is 10.1. The van der Waals surface area contributed by atoms with E-state index in [1.54, 1.807) is 0 Å². The maximum Gasteiger partial charge on any atom is 0.123 e. The summed E-state index contributed by atoms with van der Waals surface area (Å²) in [4.78, 5) is 0. The average molecular weight is 233 g/mol. The largest absolute Gasteiger partial charge is 0.493 e. The van der Waals surface area contributed by atoms with Crippen molar-refractivity contribution in [3.63, 3.8) is 0 Å². The first-order valence-electron chi connectivity index (χ1n) is 6.81. The van der Waals surface area contributed by atoms with E-state index in [4.69, 9.17) is 4.74 Å². The van der Waals surface area contributed by atoms with Crippen LogP contribution in [0, 0.1) is 5.92 Å². The van der Waals surface area contributed by atoms with Gasteiger partial charge in [-0.3, -0.25) is 0 Å². The molecule has 0 spiro atoms. The van der Waals surface area contributed by atoms with E-state index in [0.29, 0.717) is 0 Å². The maximum absolute atomic E-state index is 5.98. The van der Waals surface area contributed by atoms with Crippen LogP contribution in [0.4, 0.5) is 0 Å². The fraction of sp³-hybridized carbons (Fsp3) is 0.600. The fourth-order valence-electron chi connectivity index (χ4n) is 2.44. The summed E-state index contributed by atoms with van der Waals surface area (Å²) < 4.78 is 5.98. The third-order valence-electron chi connectivity index (χ3n) is 3.49. The Morgan fingerprint density at radius 2 is 2.00 bits per heavy atom. The van der Waals surface area contributed by atoms with Gasteiger partial charge in [0.2, 0.25) is 0 Å². The van der Waals surface area contributed by atoms with Gasteiger partial charge in [0.15, 0.2) is 0 Å². The Morgan fingerprint density at radius 1 is 1.24 bits per heavy atom. The molecule has 0 amide bonds. The molecule has 2 rings (SSSR count). The Kier molecular flexibility index (Phi) is 4.87. The van der Waals surface area contributed by atoms with Gasteiger partial charge in [-0.25, -0.2) is 0 Å². The number of nitrogens with one attached hydrogen (secondary N) is 1. The highest BCUT2D eigenvalue weighted by Gasteiger charge is 2.15. The number of ether oxygens (including phenoxy) is 1. The molecule has 0 unspecified atom stereocenters. The third kappa shape index (κ3) is 3.74. The average Bonchev–Trinajstić information content (AvgIpc) is 2.88. The van der Waals surface area contributed by atoms with Crippen molar-refractivity contribution in [2.75, 3.05) is 13.2 Å². The molecule has 2 nitrogen and oxygen atoms in total. The van der Waals surface area contributed by atoms with Crippen molar-refractivity contribution < 1.29 is 4.74 Å². The van der Waals surface area contributed by atoms with E-state index < -0.39 is 0 Å². The second-order valence-electron chi connectivity index (χ2n) is 4.85. The van der Waals surface area contributed by atoms with Crippen molar-refractivity contribution in [3.05, 3.63) is 29.8 Å². The lowest BCUT2D eigenvalue weighted by Crippen LogP contribution is -2.14. The van der Waals surface area contributed by atoms with Crippen molar-refractivity contribution in [1.29, 1.82) is 0 Å². The molecule has 0 aliphatic heterocycles. The van der Waals surface area contributed by atoms with Gasteiger partial charge in [-0.2, -0.15) is 0 Å². The van der Waals surface area contributed by atoms with Gasteiger partial charge in [-0.1, -0.05) is 38.0 Å². The predicted octanol–water partition coefficient (Wildman–Crippen LogP) is 3.37. The van der Waals surface area contributed by atoms with Crippen LogP contribution in [-0.4, -0.2) is 13.2 Å². The molecule has 0 saturated heterocycles. The van der Waals surface area contributed by atoms with E-state index in [0.717, 1.165) is 31.4 Å². The molecular weight excluding hydrogens is 210 g/mol. The van der Waals surface area contributed by atoms with Crippen LogP contribution in [0.5, 0.6) is 5.75 Å². The highest BCUT2D eigenvalue weighted by molar-refractivity contribution is 5.33. The summed E-state index contributed by atoms with van der Waals surface area (Å²) in [6.45, 7) is 4.92. The molecule has 0 atom stereocenters. The molecule has 17 heavy (non-hydrogen) atoms. The zero-order valence-corrected chi connectivity index (χ0v) is 10.7. The van der Waals surface area contributed by atoms with Gasteiger partial charge in [0.1, 0.15) is 5.75 Å². The molecule has 1 aliphatic carbocycles. The molecule has 2 heteroatoms. The molecule has 0 bridgehead atoms. The lowest BCUT2D eigenvalue weighted by molar-refractivity contribution is 0.249. The monoisotopic (exact) mass is 233 g/mol. The predicted molar refractivity (Wildman–Crippen MR) is 71.3 cm³/mol. The summed E-state index contributed by atoms with van der Waals surface area (Å²) >= 11 is 0. The Hall–Kier alpha value is -1.02.